The van der Waals surface area contributed by atoms with Crippen LogP contribution in [0.3, 0.4) is 0 Å². The fourth-order valence-electron chi connectivity index (χ4n) is 10.3. The van der Waals surface area contributed by atoms with E-state index in [4.69, 9.17) is 21.9 Å². The number of nitriles is 1. The molecule has 0 spiro atoms. The minimum absolute atomic E-state index is 0.446. The van der Waals surface area contributed by atoms with Crippen LogP contribution in [-0.2, 0) is 5.41 Å². The van der Waals surface area contributed by atoms with Crippen molar-refractivity contribution in [3.63, 3.8) is 0 Å². The highest BCUT2D eigenvalue weighted by molar-refractivity contribution is 7.00. The van der Waals surface area contributed by atoms with Gasteiger partial charge >= 0.3 is 0 Å². The molecule has 2 aliphatic rings. The number of rotatable bonds is 10. The molecule has 4 heteroatoms. The third kappa shape index (κ3) is 9.42. The van der Waals surface area contributed by atoms with Crippen LogP contribution in [0.1, 0.15) is 99.1 Å². The standard InChI is InChI=1S/C83H60BN3/c1-83(2,3)69-53-77-79-78(54-69)87(82-72(62-40-24-10-25-41-62)49-67(59-34-18-7-19-35-59)50-73(82)63-42-26-11-27-43-63)80-68(55-85)46-65(57-30-14-5-15-31-57)52-75(80)84(79)74-51-64(56-28-12-4-13-29-56)44-45-76(74)86(77)81-70(60-36-20-8-21-37-60)47-66(58-32-16-6-17-33-58)48-71(81)61-38-22-9-23-39-61/h4-54H,1-3H3/i4D,5D,6D,7D,8D,9D,10D,11D,12D,13D,14D,15D,16D,17D,18D,19D,20D,21D,22D,23D,24D,25D,26D,27D,28D,29D,30D,31D,32D,33D,34D,35D,36D,37D,38D,40D,41D,42D,43D,45D,46D,47D,48D,49D,50D,51D,52D,53D,54D. The molecule has 0 radical (unpaired) electrons. The number of benzene rings is 13. The Bertz CT molecular complexity index is 7550. The summed E-state index contributed by atoms with van der Waals surface area (Å²) >= 11 is 0. The van der Waals surface area contributed by atoms with Gasteiger partial charge in [-0.2, -0.15) is 5.26 Å². The van der Waals surface area contributed by atoms with Crippen molar-refractivity contribution < 1.29 is 67.2 Å². The van der Waals surface area contributed by atoms with Crippen LogP contribution in [0.5, 0.6) is 0 Å². The molecule has 410 valence electrons. The number of fused-ring (bicyclic) bond motifs is 4. The first-order chi connectivity index (χ1) is 63.2. The van der Waals surface area contributed by atoms with Gasteiger partial charge in [-0.05, 0) is 142 Å². The molecule has 0 N–H and O–H groups in total. The van der Waals surface area contributed by atoms with Gasteiger partial charge in [0.15, 0.2) is 0 Å². The lowest BCUT2D eigenvalue weighted by atomic mass is 9.33. The summed E-state index contributed by atoms with van der Waals surface area (Å²) in [6.45, 7) is 1.04. The highest BCUT2D eigenvalue weighted by Gasteiger charge is 2.47. The number of hydrogen-bond acceptors (Lipinski definition) is 3. The molecule has 2 heterocycles. The van der Waals surface area contributed by atoms with Crippen LogP contribution in [0.2, 0.25) is 0 Å². The summed E-state index contributed by atoms with van der Waals surface area (Å²) in [4.78, 5) is 0.998. The zero-order valence-electron chi connectivity index (χ0n) is 94.1. The molecular formula is C83H60BN3. The summed E-state index contributed by atoms with van der Waals surface area (Å²) in [6.07, 6.45) is 0. The minimum Gasteiger partial charge on any atom is -0.310 e. The number of hydrogen-bond donors (Lipinski definition) is 0. The predicted molar refractivity (Wildman–Crippen MR) is 367 cm³/mol. The van der Waals surface area contributed by atoms with E-state index in [2.05, 4.69) is 0 Å². The summed E-state index contributed by atoms with van der Waals surface area (Å²) < 4.78 is 478. The van der Waals surface area contributed by atoms with Gasteiger partial charge in [-0.3, -0.25) is 0 Å². The SMILES string of the molecule is [2H]c1cc(-c2c([2H])c(-c3c([2H])c([2H])c([2H])c([2H])c3[2H])c([2H])c(-c3c([2H])c([2H])c([2H])c([2H])c3[2H])c2N2c3c([2H])cc(-c4c([2H])c([2H])c([2H])c([2H])c4[2H])c([2H])c3B3c4c2c([2H])c(C(C)(C)C)c([2H])c4N(c2c(-c4c([2H])c([2H])c([2H])c([2H])c4[2H])c([2H])c(-c4c([2H])c([2H])c([2H])c([2H])c4[2H])c([2H])c2-c2c([2H])c([2H])c([2H])c([2H])c2[2H])c2c(C#N)c([2H])c(-c4c([2H])c([2H])c([2H])c([2H])c4[2H])c([2H])c23)c([2H])c([2H])c1[2H]. The maximum atomic E-state index is 12.7. The van der Waals surface area contributed by atoms with E-state index in [1.807, 2.05) is 0 Å². The largest absolute Gasteiger partial charge is 0.310 e. The Balaban J connectivity index is 1.40. The first-order valence-corrected chi connectivity index (χ1v) is 26.1. The molecule has 13 aromatic carbocycles. The van der Waals surface area contributed by atoms with Crippen LogP contribution < -0.4 is 26.2 Å². The third-order valence-electron chi connectivity index (χ3n) is 14.0. The molecule has 0 bridgehead atoms. The summed E-state index contributed by atoms with van der Waals surface area (Å²) in [6, 6.07) is -60.3. The van der Waals surface area contributed by atoms with Gasteiger partial charge in [-0.15, -0.1) is 0 Å². The molecule has 0 unspecified atom stereocenters. The monoisotopic (exact) mass is 1160 g/mol. The Hall–Kier alpha value is -11.0. The second-order valence-corrected chi connectivity index (χ2v) is 20.1. The van der Waals surface area contributed by atoms with E-state index < -0.39 is 459 Å². The molecule has 0 aromatic heterocycles. The van der Waals surface area contributed by atoms with Crippen molar-refractivity contribution >= 4 is 57.2 Å². The molecule has 0 saturated heterocycles. The predicted octanol–water partition coefficient (Wildman–Crippen LogP) is 20.3. The zero-order chi connectivity index (χ0) is 101. The Morgan fingerprint density at radius 3 is 1.11 bits per heavy atom. The average molecular weight is 1160 g/mol. The summed E-state index contributed by atoms with van der Waals surface area (Å²) in [5, 5.41) is 12.7. The molecule has 0 saturated carbocycles. The van der Waals surface area contributed by atoms with Gasteiger partial charge in [-0.25, -0.2) is 0 Å². The van der Waals surface area contributed by atoms with Crippen LogP contribution >= 0.6 is 0 Å². The van der Waals surface area contributed by atoms with E-state index in [1.165, 1.54) is 20.8 Å². The molecule has 0 aliphatic carbocycles. The molecule has 13 aromatic rings. The van der Waals surface area contributed by atoms with E-state index in [9.17, 15) is 50.5 Å². The smallest absolute Gasteiger partial charge is 0.252 e. The van der Waals surface area contributed by atoms with Crippen molar-refractivity contribution in [3.8, 4) is 95.1 Å². The summed E-state index contributed by atoms with van der Waals surface area (Å²) in [5.41, 5.74) is -35.2. The van der Waals surface area contributed by atoms with Crippen LogP contribution in [0, 0.1) is 11.3 Å². The fraction of sp³-hybridized carbons (Fsp3) is 0.0482. The van der Waals surface area contributed by atoms with Crippen LogP contribution in [0.15, 0.2) is 308 Å². The van der Waals surface area contributed by atoms with E-state index >= 15 is 0 Å². The van der Waals surface area contributed by atoms with Crippen molar-refractivity contribution in [2.24, 2.45) is 0 Å². The van der Waals surface area contributed by atoms with Gasteiger partial charge in [0.1, 0.15) is 6.07 Å². The molecule has 87 heavy (non-hydrogen) atoms. The van der Waals surface area contributed by atoms with Crippen molar-refractivity contribution in [1.29, 1.82) is 5.26 Å². The quantitative estimate of drug-likeness (QED) is 0.128. The first-order valence-electron chi connectivity index (χ1n) is 50.6. The topological polar surface area (TPSA) is 30.3 Å². The first kappa shape index (κ1) is 22.1. The normalized spacial score (nSPS) is 20.1. The number of nitrogens with zero attached hydrogens (tertiary/aromatic N) is 3. The molecule has 2 aliphatic heterocycles. The fourth-order valence-corrected chi connectivity index (χ4v) is 10.3. The van der Waals surface area contributed by atoms with Gasteiger partial charge < -0.3 is 9.80 Å². The highest BCUT2D eigenvalue weighted by atomic mass is 15.2. The van der Waals surface area contributed by atoms with E-state index in [0.717, 1.165) is 0 Å². The highest BCUT2D eigenvalue weighted by Crippen LogP contribution is 2.55. The molecule has 0 fully saturated rings. The zero-order valence-corrected chi connectivity index (χ0v) is 45.1. The lowest BCUT2D eigenvalue weighted by Crippen LogP contribution is -2.62. The van der Waals surface area contributed by atoms with Crippen molar-refractivity contribution in [1.82, 2.24) is 0 Å². The Morgan fingerprint density at radius 1 is 0.322 bits per heavy atom. The van der Waals surface area contributed by atoms with Crippen molar-refractivity contribution in [2.45, 2.75) is 26.2 Å². The Morgan fingerprint density at radius 2 is 0.678 bits per heavy atom. The van der Waals surface area contributed by atoms with Gasteiger partial charge in [-0.1, -0.05) is 281 Å². The lowest BCUT2D eigenvalue weighted by molar-refractivity contribution is 0.590. The second-order valence-electron chi connectivity index (χ2n) is 20.1. The van der Waals surface area contributed by atoms with E-state index in [0.29, 0.717) is 21.9 Å². The minimum atomic E-state index is -2.82. The Kier molecular flexibility index (Phi) is 5.57. The van der Waals surface area contributed by atoms with Crippen molar-refractivity contribution in [3.05, 3.63) is 319 Å². The second kappa shape index (κ2) is 21.9. The maximum Gasteiger partial charge on any atom is 0.252 e. The van der Waals surface area contributed by atoms with Gasteiger partial charge in [0.2, 0.25) is 0 Å². The van der Waals surface area contributed by atoms with E-state index in [1.54, 1.807) is 6.07 Å². The van der Waals surface area contributed by atoms with Gasteiger partial charge in [0.25, 0.3) is 6.71 Å². The molecule has 0 amide bonds. The van der Waals surface area contributed by atoms with E-state index in [-0.39, 0.29) is 0 Å². The summed E-state index contributed by atoms with van der Waals surface area (Å²) in [7, 11) is 0. The summed E-state index contributed by atoms with van der Waals surface area (Å²) in [5.74, 6) is 0. The van der Waals surface area contributed by atoms with Gasteiger partial charge in [0.05, 0.1) is 89.8 Å². The van der Waals surface area contributed by atoms with Crippen LogP contribution in [0.25, 0.3) is 89.0 Å². The molecule has 15 rings (SSSR count). The molecule has 0 atom stereocenters. The van der Waals surface area contributed by atoms with Gasteiger partial charge in [0, 0.05) is 39.3 Å². The number of anilines is 6. The molecule has 3 nitrogen and oxygen atoms in total. The average Bonchev–Trinajstić information content (AvgIpc) is 0.659. The lowest BCUT2D eigenvalue weighted by Gasteiger charge is -2.47. The van der Waals surface area contributed by atoms with Crippen molar-refractivity contribution in [2.75, 3.05) is 9.80 Å². The van der Waals surface area contributed by atoms with Crippen LogP contribution in [-0.4, -0.2) is 6.71 Å². The third-order valence-corrected chi connectivity index (χ3v) is 14.0. The Labute approximate surface area is 580 Å². The van der Waals surface area contributed by atoms with Crippen LogP contribution in [0.4, 0.5) is 34.1 Å². The maximum absolute atomic E-state index is 12.7. The molecular weight excluding hydrogens is 1050 g/mol.